The zero-order chi connectivity index (χ0) is 19.0. The number of hydrogen-bond acceptors (Lipinski definition) is 7. The van der Waals surface area contributed by atoms with Gasteiger partial charge in [0.1, 0.15) is 11.5 Å². The standard InChI is InChI=1S/C19H24N4O4.ClH/c1-25-13-5-6-14(15(10-13)26-2)23-11-12(9-16(23)24)17-21-18(22-27-17)19(20)7-3-4-8-19;/h5-6,10,12H,3-4,7-9,11,20H2,1-2H3;1H. The van der Waals surface area contributed by atoms with E-state index in [2.05, 4.69) is 10.1 Å². The first-order chi connectivity index (χ1) is 13.0. The van der Waals surface area contributed by atoms with Gasteiger partial charge in [-0.15, -0.1) is 12.4 Å². The summed E-state index contributed by atoms with van der Waals surface area (Å²) in [5, 5.41) is 4.11. The van der Waals surface area contributed by atoms with E-state index in [0.717, 1.165) is 25.7 Å². The van der Waals surface area contributed by atoms with Gasteiger partial charge in [-0.05, 0) is 25.0 Å². The average molecular weight is 409 g/mol. The Kier molecular flexibility index (Phi) is 5.81. The number of halogens is 1. The molecule has 28 heavy (non-hydrogen) atoms. The second kappa shape index (κ2) is 7.97. The van der Waals surface area contributed by atoms with E-state index in [0.29, 0.717) is 41.9 Å². The molecule has 1 aromatic carbocycles. The first kappa shape index (κ1) is 20.4. The Bertz CT molecular complexity index is 850. The van der Waals surface area contributed by atoms with E-state index in [1.807, 2.05) is 12.1 Å². The predicted molar refractivity (Wildman–Crippen MR) is 105 cm³/mol. The highest BCUT2D eigenvalue weighted by Gasteiger charge is 2.40. The molecule has 9 heteroatoms. The largest absolute Gasteiger partial charge is 0.497 e. The lowest BCUT2D eigenvalue weighted by Gasteiger charge is -2.19. The fourth-order valence-electron chi connectivity index (χ4n) is 3.95. The van der Waals surface area contributed by atoms with Crippen LogP contribution in [0.5, 0.6) is 11.5 Å². The Labute approximate surface area is 169 Å². The highest BCUT2D eigenvalue weighted by molar-refractivity contribution is 5.97. The number of carbonyl (C=O) groups is 1. The molecule has 1 saturated carbocycles. The Balaban J connectivity index is 0.00000225. The van der Waals surface area contributed by atoms with Crippen LogP contribution in [-0.2, 0) is 10.3 Å². The smallest absolute Gasteiger partial charge is 0.232 e. The van der Waals surface area contributed by atoms with Crippen molar-refractivity contribution in [1.82, 2.24) is 10.1 Å². The summed E-state index contributed by atoms with van der Waals surface area (Å²) < 4.78 is 16.1. The second-order valence-electron chi connectivity index (χ2n) is 7.26. The van der Waals surface area contributed by atoms with Gasteiger partial charge in [-0.1, -0.05) is 18.0 Å². The molecular weight excluding hydrogens is 384 g/mol. The molecule has 8 nitrogen and oxygen atoms in total. The third kappa shape index (κ3) is 3.54. The zero-order valence-electron chi connectivity index (χ0n) is 16.0. The number of nitrogens with two attached hydrogens (primary N) is 1. The molecule has 2 fully saturated rings. The van der Waals surface area contributed by atoms with Crippen molar-refractivity contribution in [2.45, 2.75) is 43.6 Å². The highest BCUT2D eigenvalue weighted by Crippen LogP contribution is 2.39. The molecule has 1 atom stereocenters. The Morgan fingerprint density at radius 3 is 2.68 bits per heavy atom. The van der Waals surface area contributed by atoms with Gasteiger partial charge in [0.05, 0.1) is 31.4 Å². The summed E-state index contributed by atoms with van der Waals surface area (Å²) in [5.74, 6) is 2.13. The number of amides is 1. The van der Waals surface area contributed by atoms with E-state index in [1.165, 1.54) is 0 Å². The van der Waals surface area contributed by atoms with Crippen LogP contribution in [0, 0.1) is 0 Å². The third-order valence-electron chi connectivity index (χ3n) is 5.53. The number of anilines is 1. The van der Waals surface area contributed by atoms with Crippen LogP contribution >= 0.6 is 12.4 Å². The minimum absolute atomic E-state index is 0. The highest BCUT2D eigenvalue weighted by atomic mass is 35.5. The van der Waals surface area contributed by atoms with Gasteiger partial charge in [0.2, 0.25) is 11.8 Å². The lowest BCUT2D eigenvalue weighted by Crippen LogP contribution is -2.34. The van der Waals surface area contributed by atoms with Crippen molar-refractivity contribution in [3.63, 3.8) is 0 Å². The fraction of sp³-hybridized carbons (Fsp3) is 0.526. The first-order valence-electron chi connectivity index (χ1n) is 9.19. The van der Waals surface area contributed by atoms with Crippen LogP contribution in [0.25, 0.3) is 0 Å². The fourth-order valence-corrected chi connectivity index (χ4v) is 3.95. The molecule has 1 aromatic heterocycles. The number of rotatable bonds is 5. The molecule has 1 amide bonds. The van der Waals surface area contributed by atoms with Crippen molar-refractivity contribution in [1.29, 1.82) is 0 Å². The number of ether oxygens (including phenoxy) is 2. The first-order valence-corrected chi connectivity index (χ1v) is 9.19. The molecule has 2 aromatic rings. The normalized spacial score (nSPS) is 20.9. The Morgan fingerprint density at radius 2 is 2.00 bits per heavy atom. The van der Waals surface area contributed by atoms with Gasteiger partial charge in [0.15, 0.2) is 5.82 Å². The molecule has 2 N–H and O–H groups in total. The second-order valence-corrected chi connectivity index (χ2v) is 7.26. The Morgan fingerprint density at radius 1 is 1.25 bits per heavy atom. The number of nitrogens with zero attached hydrogens (tertiary/aromatic N) is 3. The van der Waals surface area contributed by atoms with Crippen LogP contribution in [0.2, 0.25) is 0 Å². The lowest BCUT2D eigenvalue weighted by molar-refractivity contribution is -0.117. The maximum absolute atomic E-state index is 12.6. The van der Waals surface area contributed by atoms with Crippen LogP contribution in [0.4, 0.5) is 5.69 Å². The summed E-state index contributed by atoms with van der Waals surface area (Å²) >= 11 is 0. The molecule has 2 heterocycles. The summed E-state index contributed by atoms with van der Waals surface area (Å²) in [6.07, 6.45) is 4.20. The van der Waals surface area contributed by atoms with Crippen LogP contribution < -0.4 is 20.1 Å². The Hall–Kier alpha value is -2.32. The monoisotopic (exact) mass is 408 g/mol. The van der Waals surface area contributed by atoms with Crippen molar-refractivity contribution in [2.24, 2.45) is 5.73 Å². The van der Waals surface area contributed by atoms with Crippen molar-refractivity contribution in [3.8, 4) is 11.5 Å². The third-order valence-corrected chi connectivity index (χ3v) is 5.53. The molecule has 0 spiro atoms. The van der Waals surface area contributed by atoms with E-state index in [1.54, 1.807) is 25.2 Å². The molecule has 1 aliphatic heterocycles. The molecule has 2 aliphatic rings. The summed E-state index contributed by atoms with van der Waals surface area (Å²) in [6.45, 7) is 0.459. The van der Waals surface area contributed by atoms with Gasteiger partial charge in [-0.3, -0.25) is 4.79 Å². The summed E-state index contributed by atoms with van der Waals surface area (Å²) in [5.41, 5.74) is 6.62. The van der Waals surface area contributed by atoms with E-state index in [4.69, 9.17) is 19.7 Å². The van der Waals surface area contributed by atoms with Gasteiger partial charge >= 0.3 is 0 Å². The zero-order valence-corrected chi connectivity index (χ0v) is 16.8. The van der Waals surface area contributed by atoms with Gasteiger partial charge in [-0.25, -0.2) is 0 Å². The maximum Gasteiger partial charge on any atom is 0.232 e. The minimum atomic E-state index is -0.497. The van der Waals surface area contributed by atoms with Crippen LogP contribution in [0.3, 0.4) is 0 Å². The van der Waals surface area contributed by atoms with Crippen molar-refractivity contribution in [2.75, 3.05) is 25.7 Å². The maximum atomic E-state index is 12.6. The number of benzene rings is 1. The molecule has 4 rings (SSSR count). The molecule has 0 radical (unpaired) electrons. The molecule has 152 valence electrons. The quantitative estimate of drug-likeness (QED) is 0.811. The number of carbonyl (C=O) groups excluding carboxylic acids is 1. The van der Waals surface area contributed by atoms with Crippen LogP contribution in [0.1, 0.15) is 49.7 Å². The van der Waals surface area contributed by atoms with E-state index < -0.39 is 5.54 Å². The molecular formula is C19H25ClN4O4. The predicted octanol–water partition coefficient (Wildman–Crippen LogP) is 2.76. The van der Waals surface area contributed by atoms with Crippen molar-refractivity contribution >= 4 is 24.0 Å². The van der Waals surface area contributed by atoms with Crippen molar-refractivity contribution in [3.05, 3.63) is 29.9 Å². The number of hydrogen-bond donors (Lipinski definition) is 1. The van der Waals surface area contributed by atoms with Crippen molar-refractivity contribution < 1.29 is 18.8 Å². The molecule has 1 unspecified atom stereocenters. The molecule has 1 saturated heterocycles. The summed E-state index contributed by atoms with van der Waals surface area (Å²) in [4.78, 5) is 18.9. The SMILES string of the molecule is COc1ccc(N2CC(c3nc(C4(N)CCCC4)no3)CC2=O)c(OC)c1.Cl. The van der Waals surface area contributed by atoms with E-state index >= 15 is 0 Å². The minimum Gasteiger partial charge on any atom is -0.497 e. The molecule has 0 bridgehead atoms. The summed E-state index contributed by atoms with van der Waals surface area (Å²) in [7, 11) is 3.16. The number of aromatic nitrogens is 2. The summed E-state index contributed by atoms with van der Waals surface area (Å²) in [6, 6.07) is 5.39. The van der Waals surface area contributed by atoms with Gasteiger partial charge < -0.3 is 24.6 Å². The topological polar surface area (TPSA) is 104 Å². The van der Waals surface area contributed by atoms with Gasteiger partial charge in [0.25, 0.3) is 0 Å². The average Bonchev–Trinajstić information content (AvgIpc) is 3.41. The van der Waals surface area contributed by atoms with Gasteiger partial charge in [0, 0.05) is 19.0 Å². The lowest BCUT2D eigenvalue weighted by atomic mass is 9.98. The van der Waals surface area contributed by atoms with Crippen LogP contribution in [0.15, 0.2) is 22.7 Å². The van der Waals surface area contributed by atoms with Gasteiger partial charge in [-0.2, -0.15) is 4.98 Å². The van der Waals surface area contributed by atoms with E-state index in [-0.39, 0.29) is 24.2 Å². The van der Waals surface area contributed by atoms with Crippen LogP contribution in [-0.4, -0.2) is 36.8 Å². The number of methoxy groups -OCH3 is 2. The van der Waals surface area contributed by atoms with E-state index in [9.17, 15) is 4.79 Å². The molecule has 1 aliphatic carbocycles.